The van der Waals surface area contributed by atoms with Gasteiger partial charge < -0.3 is 9.64 Å². The molecule has 0 radical (unpaired) electrons. The minimum absolute atomic E-state index is 0.0256. The molecule has 1 aromatic heterocycles. The highest BCUT2D eigenvalue weighted by atomic mass is 16.5. The van der Waals surface area contributed by atoms with Gasteiger partial charge in [0.05, 0.1) is 35.7 Å². The van der Waals surface area contributed by atoms with Crippen LogP contribution in [0, 0.1) is 6.92 Å². The molecule has 0 fully saturated rings. The first-order valence-electron chi connectivity index (χ1n) is 11.9. The summed E-state index contributed by atoms with van der Waals surface area (Å²) < 4.78 is 6.59. The zero-order chi connectivity index (χ0) is 24.7. The van der Waals surface area contributed by atoms with Gasteiger partial charge >= 0.3 is 5.97 Å². The van der Waals surface area contributed by atoms with Crippen LogP contribution in [0.3, 0.4) is 0 Å². The van der Waals surface area contributed by atoms with Crippen molar-refractivity contribution in [2.45, 2.75) is 59.4 Å². The molecule has 7 nitrogen and oxygen atoms in total. The molecule has 1 atom stereocenters. The number of rotatable bonds is 10. The van der Waals surface area contributed by atoms with Crippen LogP contribution in [0.1, 0.15) is 63.9 Å². The third-order valence-electron chi connectivity index (χ3n) is 5.82. The Kier molecular flexibility index (Phi) is 8.57. The normalized spacial score (nSPS) is 11.9. The van der Waals surface area contributed by atoms with Crippen molar-refractivity contribution in [2.75, 3.05) is 13.2 Å². The number of carbonyl (C=O) groups excluding carboxylic acids is 2. The number of unbranched alkanes of at least 4 members (excludes halogenated alkanes) is 1. The molecule has 0 aliphatic carbocycles. The van der Waals surface area contributed by atoms with Crippen LogP contribution in [0.25, 0.3) is 16.6 Å². The summed E-state index contributed by atoms with van der Waals surface area (Å²) in [5, 5.41) is 0.522. The molecule has 1 heterocycles. The predicted molar refractivity (Wildman–Crippen MR) is 133 cm³/mol. The molecule has 0 saturated carbocycles. The van der Waals surface area contributed by atoms with Gasteiger partial charge in [0.15, 0.2) is 0 Å². The molecular formula is C27H33N3O4. The van der Waals surface area contributed by atoms with Crippen LogP contribution in [0.2, 0.25) is 0 Å². The molecule has 0 aliphatic rings. The second-order valence-electron chi connectivity index (χ2n) is 8.39. The summed E-state index contributed by atoms with van der Waals surface area (Å²) in [6.45, 7) is 8.45. The number of esters is 1. The molecule has 7 heteroatoms. The van der Waals surface area contributed by atoms with E-state index in [1.165, 1.54) is 0 Å². The van der Waals surface area contributed by atoms with Crippen LogP contribution in [-0.4, -0.2) is 39.5 Å². The monoisotopic (exact) mass is 463 g/mol. The van der Waals surface area contributed by atoms with Crippen molar-refractivity contribution in [1.82, 2.24) is 14.5 Å². The average Bonchev–Trinajstić information content (AvgIpc) is 2.83. The lowest BCUT2D eigenvalue weighted by Gasteiger charge is -2.30. The molecule has 180 valence electrons. The number of ether oxygens (including phenoxy) is 1. The van der Waals surface area contributed by atoms with Gasteiger partial charge in [0.2, 0.25) is 5.91 Å². The van der Waals surface area contributed by atoms with Crippen molar-refractivity contribution in [3.05, 3.63) is 70.3 Å². The number of fused-ring (bicyclic) bond motifs is 1. The summed E-state index contributed by atoms with van der Waals surface area (Å²) in [5.74, 6) is -0.0541. The van der Waals surface area contributed by atoms with Crippen LogP contribution in [0.15, 0.2) is 53.3 Å². The maximum Gasteiger partial charge on any atom is 0.306 e. The number of benzene rings is 2. The van der Waals surface area contributed by atoms with Gasteiger partial charge in [-0.25, -0.2) is 4.98 Å². The van der Waals surface area contributed by atoms with E-state index in [4.69, 9.17) is 9.72 Å². The predicted octanol–water partition coefficient (Wildman–Crippen LogP) is 4.73. The fourth-order valence-electron chi connectivity index (χ4n) is 4.03. The lowest BCUT2D eigenvalue weighted by atomic mass is 10.1. The molecule has 3 rings (SSSR count). The first kappa shape index (κ1) is 25.1. The lowest BCUT2D eigenvalue weighted by Crippen LogP contribution is -2.38. The first-order chi connectivity index (χ1) is 16.4. The van der Waals surface area contributed by atoms with E-state index in [-0.39, 0.29) is 36.9 Å². The topological polar surface area (TPSA) is 81.5 Å². The summed E-state index contributed by atoms with van der Waals surface area (Å²) in [7, 11) is 0. The maximum absolute atomic E-state index is 13.6. The van der Waals surface area contributed by atoms with Crippen molar-refractivity contribution in [1.29, 1.82) is 0 Å². The summed E-state index contributed by atoms with van der Waals surface area (Å²) in [6, 6.07) is 14.5. The van der Waals surface area contributed by atoms with Crippen molar-refractivity contribution in [3.63, 3.8) is 0 Å². The van der Waals surface area contributed by atoms with Gasteiger partial charge in [-0.3, -0.25) is 19.0 Å². The van der Waals surface area contributed by atoms with E-state index < -0.39 is 6.04 Å². The van der Waals surface area contributed by atoms with E-state index >= 15 is 0 Å². The molecule has 1 unspecified atom stereocenters. The minimum atomic E-state index is -0.473. The quantitative estimate of drug-likeness (QED) is 0.406. The van der Waals surface area contributed by atoms with Crippen molar-refractivity contribution >= 4 is 22.8 Å². The highest BCUT2D eigenvalue weighted by molar-refractivity contribution is 5.82. The first-order valence-corrected chi connectivity index (χ1v) is 11.9. The van der Waals surface area contributed by atoms with Crippen LogP contribution in [-0.2, 0) is 14.3 Å². The smallest absolute Gasteiger partial charge is 0.306 e. The third-order valence-corrected chi connectivity index (χ3v) is 5.82. The SMILES string of the molecule is CCCCN(C(=O)CCC(=O)OCC)C(C)c1nc2ccccc2c(=O)n1-c1cccc(C)c1. The van der Waals surface area contributed by atoms with E-state index in [1.54, 1.807) is 22.5 Å². The second kappa shape index (κ2) is 11.6. The van der Waals surface area contributed by atoms with Gasteiger partial charge in [-0.1, -0.05) is 37.6 Å². The van der Waals surface area contributed by atoms with Gasteiger partial charge in [0, 0.05) is 13.0 Å². The van der Waals surface area contributed by atoms with Gasteiger partial charge in [-0.2, -0.15) is 0 Å². The Hall–Kier alpha value is -3.48. The maximum atomic E-state index is 13.6. The Morgan fingerprint density at radius 1 is 1.09 bits per heavy atom. The number of aromatic nitrogens is 2. The zero-order valence-electron chi connectivity index (χ0n) is 20.4. The Morgan fingerprint density at radius 3 is 2.56 bits per heavy atom. The van der Waals surface area contributed by atoms with E-state index in [1.807, 2.05) is 56.3 Å². The number of hydrogen-bond donors (Lipinski definition) is 0. The molecule has 3 aromatic rings. The van der Waals surface area contributed by atoms with Crippen molar-refractivity contribution < 1.29 is 14.3 Å². The van der Waals surface area contributed by atoms with Crippen LogP contribution < -0.4 is 5.56 Å². The fourth-order valence-corrected chi connectivity index (χ4v) is 4.03. The Bertz CT molecular complexity index is 1220. The molecule has 2 aromatic carbocycles. The van der Waals surface area contributed by atoms with Crippen molar-refractivity contribution in [2.24, 2.45) is 0 Å². The number of carbonyl (C=O) groups is 2. The average molecular weight is 464 g/mol. The van der Waals surface area contributed by atoms with Gasteiger partial charge in [0.1, 0.15) is 5.82 Å². The van der Waals surface area contributed by atoms with E-state index in [2.05, 4.69) is 6.92 Å². The summed E-state index contributed by atoms with van der Waals surface area (Å²) >= 11 is 0. The summed E-state index contributed by atoms with van der Waals surface area (Å²) in [4.78, 5) is 45.3. The minimum Gasteiger partial charge on any atom is -0.466 e. The highest BCUT2D eigenvalue weighted by Crippen LogP contribution is 2.24. The summed E-state index contributed by atoms with van der Waals surface area (Å²) in [5.41, 5.74) is 2.14. The molecule has 0 spiro atoms. The molecule has 0 N–H and O–H groups in total. The molecule has 0 aliphatic heterocycles. The number of amides is 1. The van der Waals surface area contributed by atoms with Crippen LogP contribution in [0.5, 0.6) is 0 Å². The van der Waals surface area contributed by atoms with Crippen LogP contribution >= 0.6 is 0 Å². The molecular weight excluding hydrogens is 430 g/mol. The Labute approximate surface area is 200 Å². The Balaban J connectivity index is 2.09. The Morgan fingerprint density at radius 2 is 1.85 bits per heavy atom. The van der Waals surface area contributed by atoms with Crippen LogP contribution in [0.4, 0.5) is 0 Å². The van der Waals surface area contributed by atoms with Gasteiger partial charge in [-0.05, 0) is 57.0 Å². The van der Waals surface area contributed by atoms with E-state index in [0.29, 0.717) is 29.0 Å². The largest absolute Gasteiger partial charge is 0.466 e. The summed E-state index contributed by atoms with van der Waals surface area (Å²) in [6.07, 6.45) is 1.79. The molecule has 0 bridgehead atoms. The second-order valence-corrected chi connectivity index (χ2v) is 8.39. The zero-order valence-corrected chi connectivity index (χ0v) is 20.4. The number of hydrogen-bond acceptors (Lipinski definition) is 5. The molecule has 0 saturated heterocycles. The number of para-hydroxylation sites is 1. The third kappa shape index (κ3) is 5.71. The van der Waals surface area contributed by atoms with Gasteiger partial charge in [0.25, 0.3) is 5.56 Å². The standard InChI is InChI=1S/C27H33N3O4/c1-5-7-17-29(24(31)15-16-25(32)34-6-2)20(4)26-28-23-14-9-8-13-22(23)27(33)30(26)21-12-10-11-19(3)18-21/h8-14,18,20H,5-7,15-17H2,1-4H3. The number of aryl methyl sites for hydroxylation is 1. The molecule has 1 amide bonds. The molecule has 34 heavy (non-hydrogen) atoms. The highest BCUT2D eigenvalue weighted by Gasteiger charge is 2.27. The van der Waals surface area contributed by atoms with Gasteiger partial charge in [-0.15, -0.1) is 0 Å². The van der Waals surface area contributed by atoms with Crippen molar-refractivity contribution in [3.8, 4) is 5.69 Å². The number of nitrogens with zero attached hydrogens (tertiary/aromatic N) is 3. The lowest BCUT2D eigenvalue weighted by molar-refractivity contribution is -0.146. The van der Waals surface area contributed by atoms with E-state index in [0.717, 1.165) is 18.4 Å². The van der Waals surface area contributed by atoms with E-state index in [9.17, 15) is 14.4 Å². The fraction of sp³-hybridized carbons (Fsp3) is 0.407.